The minimum Gasteiger partial charge on any atom is -0.488 e. The topological polar surface area (TPSA) is 9.23 Å². The Morgan fingerprint density at radius 1 is 1.18 bits per heavy atom. The van der Waals surface area contributed by atoms with Crippen LogP contribution in [-0.4, -0.2) is 0 Å². The molecule has 0 amide bonds. The van der Waals surface area contributed by atoms with Crippen LogP contribution in [0.4, 0.5) is 4.39 Å². The van der Waals surface area contributed by atoms with E-state index in [-0.39, 0.29) is 12.4 Å². The molecule has 0 spiro atoms. The van der Waals surface area contributed by atoms with Crippen molar-refractivity contribution < 1.29 is 9.13 Å². The molecule has 2 aromatic rings. The van der Waals surface area contributed by atoms with Gasteiger partial charge in [0.2, 0.25) is 0 Å². The van der Waals surface area contributed by atoms with Crippen LogP contribution in [-0.2, 0) is 6.61 Å². The van der Waals surface area contributed by atoms with Crippen molar-refractivity contribution >= 4 is 24.2 Å². The van der Waals surface area contributed by atoms with E-state index in [9.17, 15) is 4.39 Å². The van der Waals surface area contributed by atoms with Crippen molar-refractivity contribution in [3.63, 3.8) is 0 Å². The van der Waals surface area contributed by atoms with Gasteiger partial charge in [0.05, 0.1) is 0 Å². The molecule has 0 aliphatic heterocycles. The zero-order chi connectivity index (χ0) is 12.3. The van der Waals surface area contributed by atoms with Gasteiger partial charge in [-0.3, -0.25) is 0 Å². The van der Waals surface area contributed by atoms with Gasteiger partial charge in [-0.1, -0.05) is 29.8 Å². The maximum absolute atomic E-state index is 13.3. The Balaban J connectivity index is 2.10. The summed E-state index contributed by atoms with van der Waals surface area (Å²) in [5.41, 5.74) is 0.509. The lowest BCUT2D eigenvalue weighted by Crippen LogP contribution is -1.98. The quantitative estimate of drug-likeness (QED) is 0.815. The minimum atomic E-state index is -0.276. The molecule has 0 atom stereocenters. The fraction of sp³-hybridized carbons (Fsp3) is 0.0769. The summed E-state index contributed by atoms with van der Waals surface area (Å²) in [6.07, 6.45) is 0. The van der Waals surface area contributed by atoms with Crippen LogP contribution < -0.4 is 4.74 Å². The van der Waals surface area contributed by atoms with E-state index in [4.69, 9.17) is 16.3 Å². The van der Waals surface area contributed by atoms with Gasteiger partial charge >= 0.3 is 0 Å². The van der Waals surface area contributed by atoms with Gasteiger partial charge in [0, 0.05) is 15.5 Å². The van der Waals surface area contributed by atoms with Crippen LogP contribution in [0, 0.1) is 5.82 Å². The summed E-state index contributed by atoms with van der Waals surface area (Å²) in [6, 6.07) is 11.6. The van der Waals surface area contributed by atoms with Crippen LogP contribution in [0.15, 0.2) is 47.4 Å². The van der Waals surface area contributed by atoms with Crippen LogP contribution in [0.1, 0.15) is 5.56 Å². The van der Waals surface area contributed by atoms with Gasteiger partial charge in [-0.05, 0) is 24.3 Å². The van der Waals surface area contributed by atoms with Crippen molar-refractivity contribution in [2.24, 2.45) is 0 Å². The molecule has 0 saturated heterocycles. The van der Waals surface area contributed by atoms with Crippen LogP contribution in [0.5, 0.6) is 5.75 Å². The SMILES string of the molecule is Fc1ccccc1COc1ccc(Cl)cc1S. The van der Waals surface area contributed by atoms with Gasteiger partial charge < -0.3 is 4.74 Å². The molecule has 1 nitrogen and oxygen atoms in total. The maximum Gasteiger partial charge on any atom is 0.133 e. The summed E-state index contributed by atoms with van der Waals surface area (Å²) in [6.45, 7) is 0.169. The third kappa shape index (κ3) is 3.14. The van der Waals surface area contributed by atoms with Crippen LogP contribution >= 0.6 is 24.2 Å². The summed E-state index contributed by atoms with van der Waals surface area (Å²) < 4.78 is 18.8. The molecule has 4 heteroatoms. The fourth-order valence-corrected chi connectivity index (χ4v) is 1.91. The minimum absolute atomic E-state index is 0.169. The lowest BCUT2D eigenvalue weighted by atomic mass is 10.2. The molecule has 0 aromatic heterocycles. The molecule has 0 radical (unpaired) electrons. The molecule has 0 bridgehead atoms. The van der Waals surface area contributed by atoms with Gasteiger partial charge in [-0.15, -0.1) is 12.6 Å². The van der Waals surface area contributed by atoms with E-state index >= 15 is 0 Å². The van der Waals surface area contributed by atoms with Gasteiger partial charge in [0.25, 0.3) is 0 Å². The molecule has 2 rings (SSSR count). The van der Waals surface area contributed by atoms with Crippen molar-refractivity contribution in [1.82, 2.24) is 0 Å². The van der Waals surface area contributed by atoms with E-state index in [1.54, 1.807) is 36.4 Å². The Morgan fingerprint density at radius 2 is 1.94 bits per heavy atom. The van der Waals surface area contributed by atoms with Crippen molar-refractivity contribution in [2.45, 2.75) is 11.5 Å². The second-order valence-electron chi connectivity index (χ2n) is 3.49. The fourth-order valence-electron chi connectivity index (χ4n) is 1.38. The van der Waals surface area contributed by atoms with Gasteiger partial charge in [0.15, 0.2) is 0 Å². The molecule has 0 heterocycles. The number of ether oxygens (including phenoxy) is 1. The molecule has 88 valence electrons. The predicted molar refractivity (Wildman–Crippen MR) is 69.4 cm³/mol. The third-order valence-electron chi connectivity index (χ3n) is 2.26. The zero-order valence-corrected chi connectivity index (χ0v) is 10.5. The number of benzene rings is 2. The Hall–Kier alpha value is -1.19. The highest BCUT2D eigenvalue weighted by atomic mass is 35.5. The van der Waals surface area contributed by atoms with Crippen LogP contribution in [0.25, 0.3) is 0 Å². The van der Waals surface area contributed by atoms with Crippen molar-refractivity contribution in [1.29, 1.82) is 0 Å². The van der Waals surface area contributed by atoms with Crippen molar-refractivity contribution in [3.05, 3.63) is 58.9 Å². The van der Waals surface area contributed by atoms with Crippen LogP contribution in [0.2, 0.25) is 5.02 Å². The van der Waals surface area contributed by atoms with Crippen molar-refractivity contribution in [3.8, 4) is 5.75 Å². The molecule has 0 saturated carbocycles. The predicted octanol–water partition coefficient (Wildman–Crippen LogP) is 4.35. The van der Waals surface area contributed by atoms with E-state index in [0.717, 1.165) is 0 Å². The summed E-state index contributed by atoms with van der Waals surface area (Å²) in [4.78, 5) is 0.633. The molecule has 0 N–H and O–H groups in total. The number of hydrogen-bond donors (Lipinski definition) is 1. The average Bonchev–Trinajstić information content (AvgIpc) is 2.30. The van der Waals surface area contributed by atoms with E-state index in [0.29, 0.717) is 21.2 Å². The Morgan fingerprint density at radius 3 is 2.65 bits per heavy atom. The summed E-state index contributed by atoms with van der Waals surface area (Å²) in [5, 5.41) is 0.591. The monoisotopic (exact) mass is 268 g/mol. The Kier molecular flexibility index (Phi) is 3.92. The van der Waals surface area contributed by atoms with E-state index in [1.165, 1.54) is 6.07 Å². The lowest BCUT2D eigenvalue weighted by molar-refractivity contribution is 0.293. The van der Waals surface area contributed by atoms with Crippen LogP contribution in [0.3, 0.4) is 0 Å². The van der Waals surface area contributed by atoms with E-state index in [2.05, 4.69) is 12.6 Å². The van der Waals surface area contributed by atoms with Gasteiger partial charge in [-0.2, -0.15) is 0 Å². The first-order valence-corrected chi connectivity index (χ1v) is 5.84. The number of thiol groups is 1. The van der Waals surface area contributed by atoms with E-state index in [1.807, 2.05) is 0 Å². The molecular formula is C13H10ClFOS. The standard InChI is InChI=1S/C13H10ClFOS/c14-10-5-6-12(13(17)7-10)16-8-9-3-1-2-4-11(9)15/h1-7,17H,8H2. The molecule has 2 aromatic carbocycles. The molecular weight excluding hydrogens is 259 g/mol. The highest BCUT2D eigenvalue weighted by Crippen LogP contribution is 2.26. The zero-order valence-electron chi connectivity index (χ0n) is 8.86. The van der Waals surface area contributed by atoms with E-state index < -0.39 is 0 Å². The normalized spacial score (nSPS) is 10.3. The second-order valence-corrected chi connectivity index (χ2v) is 4.41. The maximum atomic E-state index is 13.3. The first kappa shape index (κ1) is 12.3. The summed E-state index contributed by atoms with van der Waals surface area (Å²) in [5.74, 6) is 0.308. The number of hydrogen-bond acceptors (Lipinski definition) is 2. The number of halogens is 2. The molecule has 0 unspecified atom stereocenters. The van der Waals surface area contributed by atoms with Gasteiger partial charge in [-0.25, -0.2) is 4.39 Å². The first-order valence-electron chi connectivity index (χ1n) is 5.01. The Bertz CT molecular complexity index is 531. The highest BCUT2D eigenvalue weighted by Gasteiger charge is 2.04. The molecule has 0 fully saturated rings. The first-order chi connectivity index (χ1) is 8.16. The molecule has 17 heavy (non-hydrogen) atoms. The van der Waals surface area contributed by atoms with Crippen molar-refractivity contribution in [2.75, 3.05) is 0 Å². The average molecular weight is 269 g/mol. The highest BCUT2D eigenvalue weighted by molar-refractivity contribution is 7.80. The Labute approximate surface area is 110 Å². The largest absolute Gasteiger partial charge is 0.488 e. The molecule has 0 aliphatic carbocycles. The van der Waals surface area contributed by atoms with Gasteiger partial charge in [0.1, 0.15) is 18.2 Å². The number of rotatable bonds is 3. The third-order valence-corrected chi connectivity index (χ3v) is 2.85. The second kappa shape index (κ2) is 5.43. The lowest BCUT2D eigenvalue weighted by Gasteiger charge is -2.09. The molecule has 0 aliphatic rings. The summed E-state index contributed by atoms with van der Waals surface area (Å²) >= 11 is 10.0. The summed E-state index contributed by atoms with van der Waals surface area (Å²) in [7, 11) is 0. The smallest absolute Gasteiger partial charge is 0.133 e.